The van der Waals surface area contributed by atoms with Crippen LogP contribution in [0.3, 0.4) is 0 Å². The van der Waals surface area contributed by atoms with Gasteiger partial charge in [-0.2, -0.15) is 4.98 Å². The molecule has 2 amide bonds. The number of hydrogen-bond acceptors (Lipinski definition) is 6. The lowest BCUT2D eigenvalue weighted by molar-refractivity contribution is -0.115. The van der Waals surface area contributed by atoms with Gasteiger partial charge in [0.2, 0.25) is 17.6 Å². The summed E-state index contributed by atoms with van der Waals surface area (Å²) in [5.74, 6) is 0.625. The third-order valence-electron chi connectivity index (χ3n) is 3.80. The molecule has 138 valence electrons. The maximum atomic E-state index is 12.3. The van der Waals surface area contributed by atoms with Gasteiger partial charge in [0.15, 0.2) is 0 Å². The van der Waals surface area contributed by atoms with E-state index in [0.29, 0.717) is 17.1 Å². The SMILES string of the molecule is CNC(=O)c1ccccc1NC(=O)Cc1nc(-c2ccc(OC)cc2)no1. The zero-order valence-corrected chi connectivity index (χ0v) is 14.9. The third-order valence-corrected chi connectivity index (χ3v) is 3.80. The van der Waals surface area contributed by atoms with Gasteiger partial charge in [-0.25, -0.2) is 0 Å². The second-order valence-corrected chi connectivity index (χ2v) is 5.59. The number of methoxy groups -OCH3 is 1. The van der Waals surface area contributed by atoms with Gasteiger partial charge in [-0.05, 0) is 36.4 Å². The monoisotopic (exact) mass is 366 g/mol. The normalized spacial score (nSPS) is 10.3. The Balaban J connectivity index is 1.69. The summed E-state index contributed by atoms with van der Waals surface area (Å²) < 4.78 is 10.3. The van der Waals surface area contributed by atoms with Gasteiger partial charge in [0.25, 0.3) is 5.91 Å². The highest BCUT2D eigenvalue weighted by Gasteiger charge is 2.15. The van der Waals surface area contributed by atoms with E-state index in [1.165, 1.54) is 7.05 Å². The molecule has 0 spiro atoms. The van der Waals surface area contributed by atoms with E-state index in [1.807, 2.05) is 0 Å². The number of aromatic nitrogens is 2. The molecule has 1 heterocycles. The Bertz CT molecular complexity index is 950. The number of anilines is 1. The smallest absolute Gasteiger partial charge is 0.253 e. The quantitative estimate of drug-likeness (QED) is 0.693. The summed E-state index contributed by atoms with van der Waals surface area (Å²) in [7, 11) is 3.11. The minimum atomic E-state index is -0.365. The molecule has 0 saturated carbocycles. The molecule has 3 rings (SSSR count). The summed E-state index contributed by atoms with van der Waals surface area (Å²) in [4.78, 5) is 28.4. The molecule has 27 heavy (non-hydrogen) atoms. The summed E-state index contributed by atoms with van der Waals surface area (Å²) >= 11 is 0. The van der Waals surface area contributed by atoms with Gasteiger partial charge in [0.05, 0.1) is 18.4 Å². The molecule has 0 atom stereocenters. The van der Waals surface area contributed by atoms with E-state index in [9.17, 15) is 9.59 Å². The van der Waals surface area contributed by atoms with Crippen molar-refractivity contribution in [1.82, 2.24) is 15.5 Å². The molecule has 8 heteroatoms. The van der Waals surface area contributed by atoms with E-state index in [1.54, 1.807) is 55.6 Å². The fourth-order valence-electron chi connectivity index (χ4n) is 2.44. The predicted molar refractivity (Wildman–Crippen MR) is 98.5 cm³/mol. The highest BCUT2D eigenvalue weighted by atomic mass is 16.5. The first-order chi connectivity index (χ1) is 13.1. The van der Waals surface area contributed by atoms with Crippen LogP contribution >= 0.6 is 0 Å². The molecule has 0 fully saturated rings. The molecule has 1 aromatic heterocycles. The summed E-state index contributed by atoms with van der Waals surface area (Å²) in [6, 6.07) is 13.9. The maximum absolute atomic E-state index is 12.3. The molecular formula is C19H18N4O4. The molecule has 0 aliphatic heterocycles. The largest absolute Gasteiger partial charge is 0.497 e. The predicted octanol–water partition coefficient (Wildman–Crippen LogP) is 2.29. The number of ether oxygens (including phenoxy) is 1. The molecule has 3 aromatic rings. The lowest BCUT2D eigenvalue weighted by Crippen LogP contribution is -2.22. The number of nitrogens with one attached hydrogen (secondary N) is 2. The number of benzene rings is 2. The molecule has 0 aliphatic rings. The van der Waals surface area contributed by atoms with Gasteiger partial charge >= 0.3 is 0 Å². The summed E-state index contributed by atoms with van der Waals surface area (Å²) in [5.41, 5.74) is 1.53. The lowest BCUT2D eigenvalue weighted by Gasteiger charge is -2.09. The molecule has 2 aromatic carbocycles. The first kappa shape index (κ1) is 18.1. The molecule has 2 N–H and O–H groups in total. The van der Waals surface area contributed by atoms with Gasteiger partial charge in [-0.15, -0.1) is 0 Å². The molecular weight excluding hydrogens is 348 g/mol. The van der Waals surface area contributed by atoms with Crippen molar-refractivity contribution in [2.75, 3.05) is 19.5 Å². The van der Waals surface area contributed by atoms with Crippen molar-refractivity contribution in [3.63, 3.8) is 0 Å². The standard InChI is InChI=1S/C19H18N4O4/c1-20-19(25)14-5-3-4-6-15(14)21-16(24)11-17-22-18(23-27-17)12-7-9-13(26-2)10-8-12/h3-10H,11H2,1-2H3,(H,20,25)(H,21,24). The van der Waals surface area contributed by atoms with Crippen molar-refractivity contribution in [1.29, 1.82) is 0 Å². The number of rotatable bonds is 6. The Kier molecular flexibility index (Phi) is 5.46. The zero-order chi connectivity index (χ0) is 19.2. The second-order valence-electron chi connectivity index (χ2n) is 5.59. The van der Waals surface area contributed by atoms with Crippen LogP contribution < -0.4 is 15.4 Å². The van der Waals surface area contributed by atoms with Crippen LogP contribution in [0.1, 0.15) is 16.2 Å². The van der Waals surface area contributed by atoms with Crippen molar-refractivity contribution in [2.24, 2.45) is 0 Å². The third kappa shape index (κ3) is 4.30. The maximum Gasteiger partial charge on any atom is 0.253 e. The number of para-hydroxylation sites is 1. The number of amides is 2. The highest BCUT2D eigenvalue weighted by Crippen LogP contribution is 2.20. The van der Waals surface area contributed by atoms with E-state index >= 15 is 0 Å². The van der Waals surface area contributed by atoms with Crippen LogP contribution in [0.5, 0.6) is 5.75 Å². The molecule has 8 nitrogen and oxygen atoms in total. The zero-order valence-electron chi connectivity index (χ0n) is 14.9. The summed E-state index contributed by atoms with van der Waals surface area (Å²) in [6.45, 7) is 0. The Morgan fingerprint density at radius 3 is 2.56 bits per heavy atom. The Morgan fingerprint density at radius 2 is 1.85 bits per heavy atom. The van der Waals surface area contributed by atoms with Crippen molar-refractivity contribution in [3.8, 4) is 17.1 Å². The number of nitrogens with zero attached hydrogens (tertiary/aromatic N) is 2. The van der Waals surface area contributed by atoms with Gasteiger partial charge in [0.1, 0.15) is 12.2 Å². The van der Waals surface area contributed by atoms with Gasteiger partial charge in [-0.3, -0.25) is 9.59 Å². The second kappa shape index (κ2) is 8.13. The van der Waals surface area contributed by atoms with Crippen molar-refractivity contribution >= 4 is 17.5 Å². The molecule has 0 bridgehead atoms. The highest BCUT2D eigenvalue weighted by molar-refractivity contribution is 6.03. The Labute approximate surface area is 155 Å². The first-order valence-corrected chi connectivity index (χ1v) is 8.18. The fraction of sp³-hybridized carbons (Fsp3) is 0.158. The summed E-state index contributed by atoms with van der Waals surface area (Å²) in [5, 5.41) is 9.12. The van der Waals surface area contributed by atoms with Gasteiger partial charge < -0.3 is 19.9 Å². The molecule has 0 saturated heterocycles. The van der Waals surface area contributed by atoms with Crippen LogP contribution in [0.2, 0.25) is 0 Å². The first-order valence-electron chi connectivity index (χ1n) is 8.18. The lowest BCUT2D eigenvalue weighted by atomic mass is 10.1. The van der Waals surface area contributed by atoms with Crippen molar-refractivity contribution in [2.45, 2.75) is 6.42 Å². The van der Waals surface area contributed by atoms with E-state index < -0.39 is 0 Å². The fourth-order valence-corrected chi connectivity index (χ4v) is 2.44. The van der Waals surface area contributed by atoms with E-state index in [4.69, 9.17) is 9.26 Å². The molecule has 0 radical (unpaired) electrons. The van der Waals surface area contributed by atoms with Crippen LogP contribution in [0, 0.1) is 0 Å². The van der Waals surface area contributed by atoms with Crippen LogP contribution in [0.4, 0.5) is 5.69 Å². The average molecular weight is 366 g/mol. The molecule has 0 aliphatic carbocycles. The van der Waals surface area contributed by atoms with Crippen LogP contribution in [-0.4, -0.2) is 36.1 Å². The van der Waals surface area contributed by atoms with Gasteiger partial charge in [0, 0.05) is 12.6 Å². The minimum Gasteiger partial charge on any atom is -0.497 e. The van der Waals surface area contributed by atoms with E-state index in [-0.39, 0.29) is 24.1 Å². The number of hydrogen-bond donors (Lipinski definition) is 2. The van der Waals surface area contributed by atoms with E-state index in [0.717, 1.165) is 11.3 Å². The van der Waals surface area contributed by atoms with Crippen LogP contribution in [0.15, 0.2) is 53.1 Å². The summed E-state index contributed by atoms with van der Waals surface area (Å²) in [6.07, 6.45) is -0.106. The number of carbonyl (C=O) groups is 2. The Hall–Kier alpha value is -3.68. The van der Waals surface area contributed by atoms with Crippen molar-refractivity contribution < 1.29 is 18.8 Å². The van der Waals surface area contributed by atoms with E-state index in [2.05, 4.69) is 20.8 Å². The molecule has 0 unspecified atom stereocenters. The van der Waals surface area contributed by atoms with Crippen molar-refractivity contribution in [3.05, 3.63) is 60.0 Å². The Morgan fingerprint density at radius 1 is 1.11 bits per heavy atom. The average Bonchev–Trinajstić information content (AvgIpc) is 3.16. The van der Waals surface area contributed by atoms with Gasteiger partial charge in [-0.1, -0.05) is 17.3 Å². The number of carbonyl (C=O) groups excluding carboxylic acids is 2. The van der Waals surface area contributed by atoms with Crippen LogP contribution in [0.25, 0.3) is 11.4 Å². The van der Waals surface area contributed by atoms with Crippen LogP contribution in [-0.2, 0) is 11.2 Å². The minimum absolute atomic E-state index is 0.106. The topological polar surface area (TPSA) is 106 Å².